The largest absolute Gasteiger partial charge is 0.326 e. The third-order valence-electron chi connectivity index (χ3n) is 4.10. The van der Waals surface area contributed by atoms with E-state index in [0.717, 1.165) is 16.7 Å². The third-order valence-corrected chi connectivity index (χ3v) is 5.90. The van der Waals surface area contributed by atoms with Crippen LogP contribution in [0.1, 0.15) is 23.1 Å². The number of aryl methyl sites for hydroxylation is 2. The summed E-state index contributed by atoms with van der Waals surface area (Å²) in [7, 11) is -1.96. The van der Waals surface area contributed by atoms with Crippen LogP contribution in [0.4, 0.5) is 5.69 Å². The van der Waals surface area contributed by atoms with E-state index in [0.29, 0.717) is 12.2 Å². The monoisotopic (exact) mass is 360 g/mol. The molecule has 2 rings (SSSR count). The van der Waals surface area contributed by atoms with Gasteiger partial charge in [0.2, 0.25) is 15.9 Å². The van der Waals surface area contributed by atoms with E-state index in [1.807, 2.05) is 62.4 Å². The molecule has 2 aromatic rings. The normalized spacial score (nSPS) is 11.5. The van der Waals surface area contributed by atoms with Gasteiger partial charge in [-0.05, 0) is 42.7 Å². The second-order valence-corrected chi connectivity index (χ2v) is 8.35. The molecule has 0 fully saturated rings. The Labute approximate surface area is 149 Å². The zero-order chi connectivity index (χ0) is 18.4. The van der Waals surface area contributed by atoms with E-state index in [1.165, 1.54) is 11.4 Å². The molecule has 0 unspecified atom stereocenters. The maximum Gasteiger partial charge on any atom is 0.225 e. The topological polar surface area (TPSA) is 66.5 Å². The maximum absolute atomic E-state index is 12.3. The minimum absolute atomic E-state index is 0.0750. The van der Waals surface area contributed by atoms with Crippen LogP contribution in [0, 0.1) is 13.8 Å². The molecule has 134 valence electrons. The molecule has 0 aromatic heterocycles. The van der Waals surface area contributed by atoms with Gasteiger partial charge in [-0.25, -0.2) is 12.7 Å². The van der Waals surface area contributed by atoms with Gasteiger partial charge in [0, 0.05) is 25.7 Å². The Hall–Kier alpha value is -2.18. The van der Waals surface area contributed by atoms with Crippen molar-refractivity contribution in [1.29, 1.82) is 0 Å². The smallest absolute Gasteiger partial charge is 0.225 e. The van der Waals surface area contributed by atoms with Crippen molar-refractivity contribution in [3.05, 3.63) is 65.2 Å². The van der Waals surface area contributed by atoms with Gasteiger partial charge in [0.15, 0.2) is 0 Å². The van der Waals surface area contributed by atoms with E-state index >= 15 is 0 Å². The fraction of sp³-hybridized carbons (Fsp3) is 0.316. The van der Waals surface area contributed by atoms with Crippen LogP contribution in [0.2, 0.25) is 0 Å². The van der Waals surface area contributed by atoms with Gasteiger partial charge >= 0.3 is 0 Å². The molecule has 0 saturated carbocycles. The first-order chi connectivity index (χ1) is 11.8. The zero-order valence-electron chi connectivity index (χ0n) is 14.8. The Morgan fingerprint density at radius 1 is 1.04 bits per heavy atom. The first-order valence-electron chi connectivity index (χ1n) is 8.13. The minimum atomic E-state index is -3.49. The summed E-state index contributed by atoms with van der Waals surface area (Å²) in [6.45, 7) is 4.26. The molecule has 2 aromatic carbocycles. The van der Waals surface area contributed by atoms with E-state index < -0.39 is 10.0 Å². The first-order valence-corrected chi connectivity index (χ1v) is 9.74. The molecule has 1 N–H and O–H groups in total. The number of amides is 1. The first kappa shape index (κ1) is 19.1. The summed E-state index contributed by atoms with van der Waals surface area (Å²) in [5, 5.41) is 2.75. The van der Waals surface area contributed by atoms with Crippen LogP contribution in [0.25, 0.3) is 0 Å². The SMILES string of the molecule is Cc1ccc(NC(=O)CCS(=O)(=O)N(C)Cc2ccccc2)cc1C. The van der Waals surface area contributed by atoms with Gasteiger partial charge in [-0.3, -0.25) is 4.79 Å². The van der Waals surface area contributed by atoms with E-state index in [1.54, 1.807) is 0 Å². The molecule has 0 aliphatic heterocycles. The molecule has 1 amide bonds. The van der Waals surface area contributed by atoms with Crippen molar-refractivity contribution in [2.45, 2.75) is 26.8 Å². The average Bonchev–Trinajstić information content (AvgIpc) is 2.57. The van der Waals surface area contributed by atoms with Crippen molar-refractivity contribution in [2.75, 3.05) is 18.1 Å². The van der Waals surface area contributed by atoms with E-state index in [9.17, 15) is 13.2 Å². The van der Waals surface area contributed by atoms with Gasteiger partial charge in [-0.15, -0.1) is 0 Å². The number of carbonyl (C=O) groups is 1. The van der Waals surface area contributed by atoms with Crippen molar-refractivity contribution in [1.82, 2.24) is 4.31 Å². The fourth-order valence-corrected chi connectivity index (χ4v) is 3.46. The lowest BCUT2D eigenvalue weighted by Gasteiger charge is -2.17. The number of carbonyl (C=O) groups excluding carboxylic acids is 1. The average molecular weight is 360 g/mol. The molecule has 0 heterocycles. The van der Waals surface area contributed by atoms with E-state index in [2.05, 4.69) is 5.32 Å². The fourth-order valence-electron chi connectivity index (χ4n) is 2.36. The van der Waals surface area contributed by atoms with Crippen LogP contribution in [0.3, 0.4) is 0 Å². The molecular formula is C19H24N2O3S. The summed E-state index contributed by atoms with van der Waals surface area (Å²) < 4.78 is 26.0. The van der Waals surface area contributed by atoms with E-state index in [-0.39, 0.29) is 18.1 Å². The Balaban J connectivity index is 1.89. The summed E-state index contributed by atoms with van der Waals surface area (Å²) in [6.07, 6.45) is -0.0750. The molecular weight excluding hydrogens is 336 g/mol. The Morgan fingerprint density at radius 2 is 1.72 bits per heavy atom. The lowest BCUT2D eigenvalue weighted by Crippen LogP contribution is -2.30. The lowest BCUT2D eigenvalue weighted by molar-refractivity contribution is -0.115. The molecule has 0 bridgehead atoms. The highest BCUT2D eigenvalue weighted by Gasteiger charge is 2.19. The van der Waals surface area contributed by atoms with Gasteiger partial charge in [-0.1, -0.05) is 36.4 Å². The predicted octanol–water partition coefficient (Wildman–Crippen LogP) is 3.09. The molecule has 0 atom stereocenters. The Morgan fingerprint density at radius 3 is 2.36 bits per heavy atom. The van der Waals surface area contributed by atoms with Gasteiger partial charge in [-0.2, -0.15) is 0 Å². The second kappa shape index (κ2) is 8.27. The van der Waals surface area contributed by atoms with Gasteiger partial charge in [0.25, 0.3) is 0 Å². The Bertz CT molecular complexity index is 833. The highest BCUT2D eigenvalue weighted by atomic mass is 32.2. The number of anilines is 1. The highest BCUT2D eigenvalue weighted by molar-refractivity contribution is 7.89. The van der Waals surface area contributed by atoms with Crippen LogP contribution in [-0.4, -0.2) is 31.4 Å². The number of nitrogens with zero attached hydrogens (tertiary/aromatic N) is 1. The van der Waals surface area contributed by atoms with E-state index in [4.69, 9.17) is 0 Å². The van der Waals surface area contributed by atoms with Gasteiger partial charge in [0.1, 0.15) is 0 Å². The van der Waals surface area contributed by atoms with Crippen LogP contribution >= 0.6 is 0 Å². The molecule has 5 nitrogen and oxygen atoms in total. The second-order valence-electron chi connectivity index (χ2n) is 6.15. The summed E-state index contributed by atoms with van der Waals surface area (Å²) in [5.41, 5.74) is 3.81. The van der Waals surface area contributed by atoms with Crippen molar-refractivity contribution < 1.29 is 13.2 Å². The molecule has 6 heteroatoms. The van der Waals surface area contributed by atoms with Crippen LogP contribution in [0.5, 0.6) is 0 Å². The van der Waals surface area contributed by atoms with Crippen molar-refractivity contribution in [3.8, 4) is 0 Å². The summed E-state index contributed by atoms with van der Waals surface area (Å²) in [6, 6.07) is 15.0. The molecule has 0 radical (unpaired) electrons. The van der Waals surface area contributed by atoms with Crippen molar-refractivity contribution >= 4 is 21.6 Å². The van der Waals surface area contributed by atoms with Gasteiger partial charge < -0.3 is 5.32 Å². The number of sulfonamides is 1. The van der Waals surface area contributed by atoms with Crippen LogP contribution in [-0.2, 0) is 21.4 Å². The highest BCUT2D eigenvalue weighted by Crippen LogP contribution is 2.15. The third kappa shape index (κ3) is 5.69. The maximum atomic E-state index is 12.3. The summed E-state index contributed by atoms with van der Waals surface area (Å²) in [4.78, 5) is 12.0. The predicted molar refractivity (Wildman–Crippen MR) is 101 cm³/mol. The molecule has 25 heavy (non-hydrogen) atoms. The number of hydrogen-bond donors (Lipinski definition) is 1. The molecule has 0 aliphatic rings. The van der Waals surface area contributed by atoms with Crippen LogP contribution in [0.15, 0.2) is 48.5 Å². The molecule has 0 spiro atoms. The number of nitrogens with one attached hydrogen (secondary N) is 1. The summed E-state index contributed by atoms with van der Waals surface area (Å²) >= 11 is 0. The van der Waals surface area contributed by atoms with Crippen LogP contribution < -0.4 is 5.32 Å². The van der Waals surface area contributed by atoms with Crippen molar-refractivity contribution in [3.63, 3.8) is 0 Å². The molecule has 0 aliphatic carbocycles. The summed E-state index contributed by atoms with van der Waals surface area (Å²) in [5.74, 6) is -0.521. The van der Waals surface area contributed by atoms with Gasteiger partial charge in [0.05, 0.1) is 5.75 Å². The minimum Gasteiger partial charge on any atom is -0.326 e. The quantitative estimate of drug-likeness (QED) is 0.825. The standard InChI is InChI=1S/C19H24N2O3S/c1-15-9-10-18(13-16(15)2)20-19(22)11-12-25(23,24)21(3)14-17-7-5-4-6-8-17/h4-10,13H,11-12,14H2,1-3H3,(H,20,22). The molecule has 0 saturated heterocycles. The number of hydrogen-bond acceptors (Lipinski definition) is 3. The van der Waals surface area contributed by atoms with Crippen molar-refractivity contribution in [2.24, 2.45) is 0 Å². The Kier molecular flexibility index (Phi) is 6.33. The zero-order valence-corrected chi connectivity index (χ0v) is 15.6. The lowest BCUT2D eigenvalue weighted by atomic mass is 10.1. The number of benzene rings is 2. The number of rotatable bonds is 7.